The third kappa shape index (κ3) is 5.46. The Labute approximate surface area is 103 Å². The van der Waals surface area contributed by atoms with Crippen molar-refractivity contribution < 1.29 is 9.16 Å². The van der Waals surface area contributed by atoms with Gasteiger partial charge in [0.05, 0.1) is 0 Å². The van der Waals surface area contributed by atoms with E-state index in [9.17, 15) is 0 Å². The fraction of sp³-hybridized carbons (Fsp3) is 1.00. The van der Waals surface area contributed by atoms with Crippen molar-refractivity contribution in [3.8, 4) is 0 Å². The van der Waals surface area contributed by atoms with Gasteiger partial charge in [-0.1, -0.05) is 34.1 Å². The van der Waals surface area contributed by atoms with Crippen LogP contribution in [0.4, 0.5) is 0 Å². The minimum absolute atomic E-state index is 0.00541. The quantitative estimate of drug-likeness (QED) is 0.484. The first-order valence-corrected chi connectivity index (χ1v) is 9.44. The van der Waals surface area contributed by atoms with Crippen molar-refractivity contribution in [2.24, 2.45) is 0 Å². The van der Waals surface area contributed by atoms with Gasteiger partial charge < -0.3 is 9.16 Å². The lowest BCUT2D eigenvalue weighted by Crippen LogP contribution is -2.44. The van der Waals surface area contributed by atoms with E-state index in [4.69, 9.17) is 9.16 Å². The van der Waals surface area contributed by atoms with Crippen LogP contribution in [-0.2, 0) is 9.16 Å². The first-order valence-electron chi connectivity index (χ1n) is 6.54. The van der Waals surface area contributed by atoms with Gasteiger partial charge in [-0.25, -0.2) is 0 Å². The normalized spacial score (nSPS) is 15.2. The molecule has 0 aliphatic rings. The Bertz CT molecular complexity index is 185. The third-order valence-corrected chi connectivity index (χ3v) is 7.84. The van der Waals surface area contributed by atoms with Gasteiger partial charge in [0.25, 0.3) is 0 Å². The number of rotatable bonds is 7. The van der Waals surface area contributed by atoms with Gasteiger partial charge in [-0.3, -0.25) is 0 Å². The minimum atomic E-state index is -1.68. The third-order valence-electron chi connectivity index (χ3n) is 3.38. The number of hydrogen-bond donors (Lipinski definition) is 0. The summed E-state index contributed by atoms with van der Waals surface area (Å²) in [7, 11) is -1.68. The van der Waals surface area contributed by atoms with Crippen LogP contribution in [0.25, 0.3) is 0 Å². The highest BCUT2D eigenvalue weighted by molar-refractivity contribution is 6.74. The topological polar surface area (TPSA) is 18.5 Å². The molecule has 0 aromatic heterocycles. The molecule has 0 saturated heterocycles. The maximum absolute atomic E-state index is 6.26. The second kappa shape index (κ2) is 6.77. The van der Waals surface area contributed by atoms with Crippen LogP contribution in [0, 0.1) is 0 Å². The first-order chi connectivity index (χ1) is 7.24. The lowest BCUT2D eigenvalue weighted by atomic mass is 10.2. The predicted octanol–water partition coefficient (Wildman–Crippen LogP) is 4.56. The maximum Gasteiger partial charge on any atom is 0.195 e. The molecule has 0 aromatic rings. The highest BCUT2D eigenvalue weighted by Crippen LogP contribution is 2.37. The van der Waals surface area contributed by atoms with Gasteiger partial charge in [-0.15, -0.1) is 0 Å². The predicted molar refractivity (Wildman–Crippen MR) is 73.2 cm³/mol. The number of hydrogen-bond acceptors (Lipinski definition) is 2. The van der Waals surface area contributed by atoms with Crippen LogP contribution < -0.4 is 0 Å². The molecule has 0 heterocycles. The Kier molecular flexibility index (Phi) is 6.83. The zero-order valence-electron chi connectivity index (χ0n) is 12.2. The maximum atomic E-state index is 6.26. The SMILES string of the molecule is CCCCC(OCC)O[Si](C)(C)C(C)(C)C. The molecule has 1 atom stereocenters. The summed E-state index contributed by atoms with van der Waals surface area (Å²) in [6.45, 7) is 16.3. The Morgan fingerprint density at radius 3 is 2.06 bits per heavy atom. The largest absolute Gasteiger partial charge is 0.392 e. The molecule has 0 rings (SSSR count). The highest BCUT2D eigenvalue weighted by Gasteiger charge is 2.39. The second-order valence-corrected chi connectivity index (χ2v) is 10.7. The summed E-state index contributed by atoms with van der Waals surface area (Å²) in [5, 5.41) is 0.258. The van der Waals surface area contributed by atoms with Crippen molar-refractivity contribution in [3.05, 3.63) is 0 Å². The van der Waals surface area contributed by atoms with E-state index in [1.54, 1.807) is 0 Å². The highest BCUT2D eigenvalue weighted by atomic mass is 28.4. The first kappa shape index (κ1) is 16.1. The van der Waals surface area contributed by atoms with E-state index in [1.807, 2.05) is 6.92 Å². The summed E-state index contributed by atoms with van der Waals surface area (Å²) in [5.74, 6) is 0. The Hall–Kier alpha value is 0.137. The average molecular weight is 246 g/mol. The smallest absolute Gasteiger partial charge is 0.195 e. The van der Waals surface area contributed by atoms with E-state index in [0.717, 1.165) is 13.0 Å². The van der Waals surface area contributed by atoms with E-state index in [2.05, 4.69) is 40.8 Å². The monoisotopic (exact) mass is 246 g/mol. The fourth-order valence-electron chi connectivity index (χ4n) is 1.24. The van der Waals surface area contributed by atoms with Crippen molar-refractivity contribution in [2.45, 2.75) is 78.3 Å². The summed E-state index contributed by atoms with van der Waals surface area (Å²) in [6, 6.07) is 0. The molecule has 0 spiro atoms. The van der Waals surface area contributed by atoms with Gasteiger partial charge >= 0.3 is 0 Å². The number of ether oxygens (including phenoxy) is 1. The Morgan fingerprint density at radius 2 is 1.69 bits per heavy atom. The molecule has 98 valence electrons. The molecule has 3 heteroatoms. The van der Waals surface area contributed by atoms with Crippen LogP contribution in [0.1, 0.15) is 53.9 Å². The molecule has 0 aliphatic heterocycles. The van der Waals surface area contributed by atoms with E-state index in [-0.39, 0.29) is 11.3 Å². The van der Waals surface area contributed by atoms with E-state index in [0.29, 0.717) is 0 Å². The van der Waals surface area contributed by atoms with Crippen LogP contribution in [0.3, 0.4) is 0 Å². The summed E-state index contributed by atoms with van der Waals surface area (Å²) in [5.41, 5.74) is 0. The lowest BCUT2D eigenvalue weighted by molar-refractivity contribution is -0.0889. The molecule has 0 aromatic carbocycles. The van der Waals surface area contributed by atoms with Crippen molar-refractivity contribution in [1.29, 1.82) is 0 Å². The standard InChI is InChI=1S/C13H30O2Si/c1-8-10-11-12(14-9-2)15-16(6,7)13(3,4)5/h12H,8-11H2,1-7H3. The van der Waals surface area contributed by atoms with Gasteiger partial charge in [-0.05, 0) is 37.9 Å². The summed E-state index contributed by atoms with van der Waals surface area (Å²) >= 11 is 0. The molecule has 0 amide bonds. The van der Waals surface area contributed by atoms with Crippen molar-refractivity contribution >= 4 is 8.32 Å². The van der Waals surface area contributed by atoms with Crippen LogP contribution in [0.15, 0.2) is 0 Å². The van der Waals surface area contributed by atoms with Crippen LogP contribution in [0.5, 0.6) is 0 Å². The molecular formula is C13H30O2Si. The molecule has 0 fully saturated rings. The van der Waals surface area contributed by atoms with Crippen LogP contribution >= 0.6 is 0 Å². The summed E-state index contributed by atoms with van der Waals surface area (Å²) in [6.07, 6.45) is 3.41. The van der Waals surface area contributed by atoms with Crippen LogP contribution in [0.2, 0.25) is 18.1 Å². The lowest BCUT2D eigenvalue weighted by Gasteiger charge is -2.39. The zero-order chi connectivity index (χ0) is 12.8. The summed E-state index contributed by atoms with van der Waals surface area (Å²) in [4.78, 5) is 0. The zero-order valence-corrected chi connectivity index (χ0v) is 13.2. The molecule has 2 nitrogen and oxygen atoms in total. The number of unbranched alkanes of at least 4 members (excludes halogenated alkanes) is 1. The Balaban J connectivity index is 4.36. The molecule has 0 aliphatic carbocycles. The second-order valence-electron chi connectivity index (χ2n) is 5.91. The van der Waals surface area contributed by atoms with Gasteiger partial charge in [0, 0.05) is 6.61 Å². The van der Waals surface area contributed by atoms with E-state index < -0.39 is 8.32 Å². The molecule has 0 N–H and O–H groups in total. The van der Waals surface area contributed by atoms with Crippen molar-refractivity contribution in [1.82, 2.24) is 0 Å². The van der Waals surface area contributed by atoms with Gasteiger partial charge in [-0.2, -0.15) is 0 Å². The molecule has 0 radical (unpaired) electrons. The Morgan fingerprint density at radius 1 is 1.12 bits per heavy atom. The van der Waals surface area contributed by atoms with Gasteiger partial charge in [0.2, 0.25) is 0 Å². The van der Waals surface area contributed by atoms with E-state index >= 15 is 0 Å². The summed E-state index contributed by atoms with van der Waals surface area (Å²) < 4.78 is 11.9. The van der Waals surface area contributed by atoms with Gasteiger partial charge in [0.15, 0.2) is 8.32 Å². The fourth-order valence-corrected chi connectivity index (χ4v) is 2.44. The van der Waals surface area contributed by atoms with Crippen LogP contribution in [-0.4, -0.2) is 21.2 Å². The van der Waals surface area contributed by atoms with E-state index in [1.165, 1.54) is 12.8 Å². The molecule has 16 heavy (non-hydrogen) atoms. The van der Waals surface area contributed by atoms with Crippen molar-refractivity contribution in [2.75, 3.05) is 6.61 Å². The molecule has 0 saturated carbocycles. The minimum Gasteiger partial charge on any atom is -0.392 e. The van der Waals surface area contributed by atoms with Gasteiger partial charge in [0.1, 0.15) is 6.29 Å². The molecular weight excluding hydrogens is 216 g/mol. The van der Waals surface area contributed by atoms with Crippen molar-refractivity contribution in [3.63, 3.8) is 0 Å². The molecule has 1 unspecified atom stereocenters. The molecule has 0 bridgehead atoms. The average Bonchev–Trinajstić information content (AvgIpc) is 2.12.